The van der Waals surface area contributed by atoms with E-state index in [-0.39, 0.29) is 16.2 Å². The summed E-state index contributed by atoms with van der Waals surface area (Å²) in [5.41, 5.74) is 1.84. The summed E-state index contributed by atoms with van der Waals surface area (Å²) in [5, 5.41) is 0. The second-order valence-electron chi connectivity index (χ2n) is 10.7. The molecule has 2 aromatic carbocycles. The van der Waals surface area contributed by atoms with Crippen molar-refractivity contribution in [1.82, 2.24) is 0 Å². The van der Waals surface area contributed by atoms with E-state index in [1.165, 1.54) is 0 Å². The van der Waals surface area contributed by atoms with Gasteiger partial charge in [0.25, 0.3) is 0 Å². The van der Waals surface area contributed by atoms with Gasteiger partial charge in [-0.25, -0.2) is 0 Å². The van der Waals surface area contributed by atoms with E-state index in [9.17, 15) is 0 Å². The largest absolute Gasteiger partial charge is 0.426 e. The summed E-state index contributed by atoms with van der Waals surface area (Å²) in [7, 11) is -2.93. The fourth-order valence-electron chi connectivity index (χ4n) is 3.68. The van der Waals surface area contributed by atoms with Gasteiger partial charge in [-0.05, 0) is 34.1 Å². The van der Waals surface area contributed by atoms with Crippen molar-refractivity contribution in [1.29, 1.82) is 0 Å². The fraction of sp³-hybridized carbons (Fsp3) is 0.520. The Hall–Kier alpha value is -1.26. The number of para-hydroxylation sites is 2. The molecule has 2 saturated heterocycles. The zero-order valence-electron chi connectivity index (χ0n) is 20.3. The minimum atomic E-state index is -1.47. The summed E-state index contributed by atoms with van der Waals surface area (Å²) in [6.45, 7) is 14.8. The van der Waals surface area contributed by atoms with Gasteiger partial charge in [-0.1, -0.05) is 77.9 Å². The topological polar surface area (TPSA) is 55.4 Å². The highest BCUT2D eigenvalue weighted by atomic mass is 31.2. The standard InChI is InChI=1S/C25H34O6P2/c1-23(2,3)19-11-7-9-13-21(19)30-32-26-15-25(16-27-32)17-28-33(29-18-25)31-22-14-10-8-12-20(22)24(4,5)6/h7-14H,15-18H2,1-6H3. The number of hydrogen-bond donors (Lipinski definition) is 0. The van der Waals surface area contributed by atoms with Crippen LogP contribution in [-0.2, 0) is 28.9 Å². The minimum Gasteiger partial charge on any atom is -0.426 e. The van der Waals surface area contributed by atoms with Crippen LogP contribution in [0.5, 0.6) is 11.5 Å². The monoisotopic (exact) mass is 492 g/mol. The molecule has 0 N–H and O–H groups in total. The SMILES string of the molecule is CC(C)(C)c1ccccc1OP1OCC2(CO1)COP(Oc1ccccc1C(C)(C)C)OC2. The molecule has 2 aliphatic rings. The van der Waals surface area contributed by atoms with E-state index < -0.39 is 17.2 Å². The highest BCUT2D eigenvalue weighted by molar-refractivity contribution is 7.42. The molecule has 1 spiro atoms. The highest BCUT2D eigenvalue weighted by Gasteiger charge is 2.45. The molecule has 0 aromatic heterocycles. The lowest BCUT2D eigenvalue weighted by Gasteiger charge is -2.41. The van der Waals surface area contributed by atoms with Crippen LogP contribution in [0.1, 0.15) is 52.7 Å². The second kappa shape index (κ2) is 9.77. The first-order valence-electron chi connectivity index (χ1n) is 11.2. The first-order valence-corrected chi connectivity index (χ1v) is 13.4. The Morgan fingerprint density at radius 1 is 0.606 bits per heavy atom. The summed E-state index contributed by atoms with van der Waals surface area (Å²) in [4.78, 5) is 0. The van der Waals surface area contributed by atoms with Gasteiger partial charge in [0.2, 0.25) is 0 Å². The van der Waals surface area contributed by atoms with Crippen LogP contribution >= 0.6 is 17.2 Å². The predicted molar refractivity (Wildman–Crippen MR) is 132 cm³/mol. The van der Waals surface area contributed by atoms with Gasteiger partial charge in [-0.15, -0.1) is 0 Å². The van der Waals surface area contributed by atoms with Gasteiger partial charge in [0.1, 0.15) is 11.5 Å². The molecule has 0 amide bonds. The molecule has 2 aromatic rings. The Kier molecular flexibility index (Phi) is 7.36. The quantitative estimate of drug-likeness (QED) is 0.418. The molecule has 2 fully saturated rings. The number of benzene rings is 2. The molecule has 0 aliphatic carbocycles. The van der Waals surface area contributed by atoms with E-state index in [2.05, 4.69) is 53.7 Å². The van der Waals surface area contributed by atoms with Crippen molar-refractivity contribution in [2.45, 2.75) is 52.4 Å². The van der Waals surface area contributed by atoms with Crippen molar-refractivity contribution >= 4 is 17.2 Å². The van der Waals surface area contributed by atoms with E-state index in [4.69, 9.17) is 27.1 Å². The predicted octanol–water partition coefficient (Wildman–Crippen LogP) is 7.27. The summed E-state index contributed by atoms with van der Waals surface area (Å²) >= 11 is 0. The molecular formula is C25H34O6P2. The minimum absolute atomic E-state index is 0.0310. The molecule has 4 rings (SSSR count). The number of hydrogen-bond acceptors (Lipinski definition) is 6. The van der Waals surface area contributed by atoms with E-state index in [1.807, 2.05) is 36.4 Å². The normalized spacial score (nSPS) is 26.2. The van der Waals surface area contributed by atoms with Crippen molar-refractivity contribution < 1.29 is 27.1 Å². The average Bonchev–Trinajstić information content (AvgIpc) is 2.77. The summed E-state index contributed by atoms with van der Waals surface area (Å²) in [6, 6.07) is 16.1. The third kappa shape index (κ3) is 6.06. The molecule has 0 bridgehead atoms. The van der Waals surface area contributed by atoms with Crippen LogP contribution in [0.3, 0.4) is 0 Å². The van der Waals surface area contributed by atoms with Gasteiger partial charge in [-0.3, -0.25) is 0 Å². The average molecular weight is 492 g/mol. The Morgan fingerprint density at radius 3 is 1.27 bits per heavy atom. The summed E-state index contributed by atoms with van der Waals surface area (Å²) in [6.07, 6.45) is 0. The van der Waals surface area contributed by atoms with Crippen LogP contribution in [0.4, 0.5) is 0 Å². The van der Waals surface area contributed by atoms with Gasteiger partial charge in [-0.2, -0.15) is 0 Å². The first-order chi connectivity index (χ1) is 15.6. The lowest BCUT2D eigenvalue weighted by Crippen LogP contribution is -2.45. The van der Waals surface area contributed by atoms with Crippen molar-refractivity contribution in [3.63, 3.8) is 0 Å². The fourth-order valence-corrected chi connectivity index (χ4v) is 6.20. The molecule has 0 radical (unpaired) electrons. The maximum absolute atomic E-state index is 6.11. The molecular weight excluding hydrogens is 458 g/mol. The van der Waals surface area contributed by atoms with Gasteiger partial charge in [0.15, 0.2) is 0 Å². The van der Waals surface area contributed by atoms with Crippen LogP contribution in [0.2, 0.25) is 0 Å². The van der Waals surface area contributed by atoms with Gasteiger partial charge in [0.05, 0.1) is 31.8 Å². The van der Waals surface area contributed by atoms with E-state index in [0.29, 0.717) is 26.4 Å². The van der Waals surface area contributed by atoms with E-state index >= 15 is 0 Å². The van der Waals surface area contributed by atoms with Gasteiger partial charge >= 0.3 is 17.2 Å². The van der Waals surface area contributed by atoms with E-state index in [1.54, 1.807) is 0 Å². The van der Waals surface area contributed by atoms with Crippen molar-refractivity contribution in [3.05, 3.63) is 59.7 Å². The molecule has 0 saturated carbocycles. The molecule has 8 heteroatoms. The third-order valence-electron chi connectivity index (χ3n) is 5.64. The maximum Gasteiger partial charge on any atom is 0.397 e. The molecule has 2 aliphatic heterocycles. The van der Waals surface area contributed by atoms with Crippen LogP contribution < -0.4 is 9.05 Å². The lowest BCUT2D eigenvalue weighted by molar-refractivity contribution is -0.0673. The molecule has 0 atom stereocenters. The van der Waals surface area contributed by atoms with Crippen molar-refractivity contribution in [2.24, 2.45) is 5.41 Å². The highest BCUT2D eigenvalue weighted by Crippen LogP contribution is 2.54. The number of rotatable bonds is 4. The smallest absolute Gasteiger partial charge is 0.397 e. The van der Waals surface area contributed by atoms with Gasteiger partial charge in [0, 0.05) is 0 Å². The van der Waals surface area contributed by atoms with Crippen LogP contribution in [0.15, 0.2) is 48.5 Å². The van der Waals surface area contributed by atoms with Crippen LogP contribution in [-0.4, -0.2) is 26.4 Å². The molecule has 180 valence electrons. The molecule has 2 heterocycles. The maximum atomic E-state index is 6.11. The first kappa shape index (κ1) is 24.9. The van der Waals surface area contributed by atoms with Crippen LogP contribution in [0.25, 0.3) is 0 Å². The summed E-state index contributed by atoms with van der Waals surface area (Å²) < 4.78 is 36.2. The zero-order valence-corrected chi connectivity index (χ0v) is 22.1. The lowest BCUT2D eigenvalue weighted by atomic mass is 9.86. The molecule has 0 unspecified atom stereocenters. The molecule has 6 nitrogen and oxygen atoms in total. The van der Waals surface area contributed by atoms with Crippen molar-refractivity contribution in [2.75, 3.05) is 26.4 Å². The Balaban J connectivity index is 1.31. The third-order valence-corrected chi connectivity index (χ3v) is 7.69. The van der Waals surface area contributed by atoms with Gasteiger partial charge < -0.3 is 27.1 Å². The Bertz CT molecular complexity index is 855. The zero-order chi connectivity index (χ0) is 23.7. The second-order valence-corrected chi connectivity index (χ2v) is 13.0. The summed E-state index contributed by atoms with van der Waals surface area (Å²) in [5.74, 6) is 1.61. The molecule has 33 heavy (non-hydrogen) atoms. The van der Waals surface area contributed by atoms with Crippen LogP contribution in [0, 0.1) is 5.41 Å². The van der Waals surface area contributed by atoms with E-state index in [0.717, 1.165) is 22.6 Å². The van der Waals surface area contributed by atoms with Crippen molar-refractivity contribution in [3.8, 4) is 11.5 Å². The Morgan fingerprint density at radius 2 is 0.939 bits per heavy atom. The Labute approximate surface area is 199 Å².